The highest BCUT2D eigenvalue weighted by Crippen LogP contribution is 2.30. The van der Waals surface area contributed by atoms with E-state index in [0.29, 0.717) is 29.1 Å². The summed E-state index contributed by atoms with van der Waals surface area (Å²) < 4.78 is 0. The third-order valence-corrected chi connectivity index (χ3v) is 3.82. The van der Waals surface area contributed by atoms with Crippen LogP contribution in [0.5, 0.6) is 0 Å². The maximum Gasteiger partial charge on any atom is 0.263 e. The Morgan fingerprint density at radius 3 is 2.78 bits per heavy atom. The average Bonchev–Trinajstić information content (AvgIpc) is 2.67. The highest BCUT2D eigenvalue weighted by Gasteiger charge is 2.15. The number of nitrogens with two attached hydrogens (primary N) is 1. The smallest absolute Gasteiger partial charge is 0.263 e. The molecule has 0 spiro atoms. The van der Waals surface area contributed by atoms with E-state index < -0.39 is 0 Å². The molecule has 1 atom stereocenters. The fourth-order valence-corrected chi connectivity index (χ4v) is 2.28. The normalized spacial score (nSPS) is 12.2. The Kier molecular flexibility index (Phi) is 5.22. The molecule has 0 aromatic carbocycles. The number of hydrogen-bond acceptors (Lipinski definition) is 4. The van der Waals surface area contributed by atoms with Crippen LogP contribution in [0.4, 0.5) is 10.7 Å². The predicted molar refractivity (Wildman–Crippen MR) is 79.2 cm³/mol. The van der Waals surface area contributed by atoms with E-state index >= 15 is 0 Å². The van der Waals surface area contributed by atoms with Crippen molar-refractivity contribution >= 4 is 27.9 Å². The van der Waals surface area contributed by atoms with E-state index in [2.05, 4.69) is 38.0 Å². The monoisotopic (exact) mass is 267 g/mol. The van der Waals surface area contributed by atoms with Gasteiger partial charge in [0.1, 0.15) is 4.88 Å². The minimum Gasteiger partial charge on any atom is -0.397 e. The van der Waals surface area contributed by atoms with E-state index in [-0.39, 0.29) is 5.91 Å². The zero-order valence-corrected chi connectivity index (χ0v) is 11.9. The Balaban J connectivity index is 2.75. The number of rotatable bonds is 6. The minimum atomic E-state index is -0.150. The van der Waals surface area contributed by atoms with Crippen molar-refractivity contribution in [3.05, 3.63) is 23.6 Å². The van der Waals surface area contributed by atoms with E-state index in [1.165, 1.54) is 11.3 Å². The fraction of sp³-hybridized carbons (Fsp3) is 0.462. The van der Waals surface area contributed by atoms with Crippen molar-refractivity contribution in [3.63, 3.8) is 0 Å². The molecular weight excluding hydrogens is 246 g/mol. The summed E-state index contributed by atoms with van der Waals surface area (Å²) in [6, 6.07) is 2.15. The molecule has 0 saturated heterocycles. The Morgan fingerprint density at radius 1 is 1.56 bits per heavy atom. The van der Waals surface area contributed by atoms with Gasteiger partial charge in [0.2, 0.25) is 0 Å². The Morgan fingerprint density at radius 2 is 2.22 bits per heavy atom. The largest absolute Gasteiger partial charge is 0.397 e. The lowest BCUT2D eigenvalue weighted by Crippen LogP contribution is -2.23. The summed E-state index contributed by atoms with van der Waals surface area (Å²) in [6.07, 6.45) is 1.64. The Hall–Kier alpha value is -1.49. The number of nitrogen functional groups attached to an aromatic ring is 1. The number of nitrogens with one attached hydrogen (secondary N) is 2. The van der Waals surface area contributed by atoms with Crippen LogP contribution in [0.1, 0.15) is 30.4 Å². The van der Waals surface area contributed by atoms with E-state index in [1.807, 2.05) is 6.07 Å². The van der Waals surface area contributed by atoms with Crippen molar-refractivity contribution < 1.29 is 4.79 Å². The second-order valence-corrected chi connectivity index (χ2v) is 5.62. The van der Waals surface area contributed by atoms with Crippen LogP contribution in [0.3, 0.4) is 0 Å². The van der Waals surface area contributed by atoms with Gasteiger partial charge in [-0.2, -0.15) is 0 Å². The number of anilines is 2. The molecule has 0 radical (unpaired) electrons. The summed E-state index contributed by atoms with van der Waals surface area (Å²) in [7, 11) is 0. The first-order chi connectivity index (χ1) is 8.45. The molecule has 4 nitrogen and oxygen atoms in total. The van der Waals surface area contributed by atoms with Crippen LogP contribution in [-0.4, -0.2) is 18.5 Å². The van der Waals surface area contributed by atoms with Crippen molar-refractivity contribution in [1.82, 2.24) is 5.32 Å². The van der Waals surface area contributed by atoms with E-state index in [1.54, 1.807) is 6.08 Å². The number of hydrogen-bond donors (Lipinski definition) is 3. The van der Waals surface area contributed by atoms with E-state index in [0.717, 1.165) is 5.00 Å². The summed E-state index contributed by atoms with van der Waals surface area (Å²) in [5.74, 6) is 0.369. The first-order valence-corrected chi connectivity index (χ1v) is 6.82. The molecule has 1 heterocycles. The van der Waals surface area contributed by atoms with Gasteiger partial charge in [-0.05, 0) is 18.9 Å². The maximum absolute atomic E-state index is 11.8. The van der Waals surface area contributed by atoms with Gasteiger partial charge < -0.3 is 16.4 Å². The number of thiophene rings is 1. The van der Waals surface area contributed by atoms with Gasteiger partial charge in [-0.25, -0.2) is 0 Å². The van der Waals surface area contributed by atoms with Crippen molar-refractivity contribution in [3.8, 4) is 0 Å². The van der Waals surface area contributed by atoms with E-state index in [9.17, 15) is 4.79 Å². The average molecular weight is 267 g/mol. The lowest BCUT2D eigenvalue weighted by atomic mass is 10.1. The molecule has 1 aromatic rings. The molecule has 0 aliphatic rings. The molecule has 0 bridgehead atoms. The summed E-state index contributed by atoms with van der Waals surface area (Å²) in [5, 5.41) is 7.00. The van der Waals surface area contributed by atoms with Crippen LogP contribution >= 0.6 is 11.3 Å². The van der Waals surface area contributed by atoms with E-state index in [4.69, 9.17) is 5.73 Å². The second-order valence-electron chi connectivity index (χ2n) is 4.57. The molecule has 0 aliphatic heterocycles. The Labute approximate surface area is 112 Å². The van der Waals surface area contributed by atoms with Crippen LogP contribution in [0.2, 0.25) is 0 Å². The van der Waals surface area contributed by atoms with Crippen LogP contribution < -0.4 is 16.4 Å². The molecule has 0 saturated carbocycles. The van der Waals surface area contributed by atoms with Crippen LogP contribution in [0.25, 0.3) is 0 Å². The lowest BCUT2D eigenvalue weighted by Gasteiger charge is -2.16. The molecule has 4 N–H and O–H groups in total. The SMILES string of the molecule is C=CCNC(=O)c1sc(NC(C)C(C)C)cc1N. The quantitative estimate of drug-likeness (QED) is 0.694. The van der Waals surface area contributed by atoms with Gasteiger partial charge in [0.15, 0.2) is 0 Å². The zero-order valence-electron chi connectivity index (χ0n) is 11.1. The summed E-state index contributed by atoms with van der Waals surface area (Å²) in [6.45, 7) is 10.4. The van der Waals surface area contributed by atoms with Crippen molar-refractivity contribution in [1.29, 1.82) is 0 Å². The molecule has 1 rings (SSSR count). The third-order valence-electron chi connectivity index (χ3n) is 2.74. The summed E-state index contributed by atoms with van der Waals surface area (Å²) >= 11 is 1.38. The van der Waals surface area contributed by atoms with Crippen LogP contribution in [0, 0.1) is 5.92 Å². The molecule has 0 aliphatic carbocycles. The minimum absolute atomic E-state index is 0.150. The van der Waals surface area contributed by atoms with Crippen molar-refractivity contribution in [2.24, 2.45) is 5.92 Å². The van der Waals surface area contributed by atoms with Gasteiger partial charge in [-0.15, -0.1) is 17.9 Å². The van der Waals surface area contributed by atoms with Gasteiger partial charge in [0, 0.05) is 12.6 Å². The second kappa shape index (κ2) is 6.44. The van der Waals surface area contributed by atoms with Gasteiger partial charge in [-0.1, -0.05) is 19.9 Å². The molecule has 1 aromatic heterocycles. The van der Waals surface area contributed by atoms with Crippen molar-refractivity contribution in [2.75, 3.05) is 17.6 Å². The Bertz CT molecular complexity index is 426. The standard InChI is InChI=1S/C13H21N3OS/c1-5-6-15-13(17)12-10(14)7-11(18-12)16-9(4)8(2)3/h5,7-9,16H,1,6,14H2,2-4H3,(H,15,17). The molecule has 1 amide bonds. The highest BCUT2D eigenvalue weighted by atomic mass is 32.1. The molecular formula is C13H21N3OS. The highest BCUT2D eigenvalue weighted by molar-refractivity contribution is 7.18. The lowest BCUT2D eigenvalue weighted by molar-refractivity contribution is 0.0963. The topological polar surface area (TPSA) is 67.2 Å². The molecule has 5 heteroatoms. The third kappa shape index (κ3) is 3.77. The predicted octanol–water partition coefficient (Wildman–Crippen LogP) is 2.70. The first kappa shape index (κ1) is 14.6. The van der Waals surface area contributed by atoms with Gasteiger partial charge >= 0.3 is 0 Å². The summed E-state index contributed by atoms with van der Waals surface area (Å²) in [5.41, 5.74) is 6.36. The number of carbonyl (C=O) groups excluding carboxylic acids is 1. The molecule has 100 valence electrons. The fourth-order valence-electron chi connectivity index (χ4n) is 1.29. The number of amides is 1. The molecule has 18 heavy (non-hydrogen) atoms. The van der Waals surface area contributed by atoms with Gasteiger partial charge in [0.05, 0.1) is 10.7 Å². The van der Waals surface area contributed by atoms with Gasteiger partial charge in [0.25, 0.3) is 5.91 Å². The van der Waals surface area contributed by atoms with Gasteiger partial charge in [-0.3, -0.25) is 4.79 Å². The first-order valence-electron chi connectivity index (χ1n) is 6.00. The summed E-state index contributed by atoms with van der Waals surface area (Å²) in [4.78, 5) is 12.4. The van der Waals surface area contributed by atoms with Crippen LogP contribution in [-0.2, 0) is 0 Å². The van der Waals surface area contributed by atoms with Crippen LogP contribution in [0.15, 0.2) is 18.7 Å². The maximum atomic E-state index is 11.8. The molecule has 0 fully saturated rings. The van der Waals surface area contributed by atoms with Crippen molar-refractivity contribution in [2.45, 2.75) is 26.8 Å². The zero-order chi connectivity index (χ0) is 13.7. The number of carbonyl (C=O) groups is 1. The molecule has 1 unspecified atom stereocenters.